The molecule has 0 aromatic carbocycles. The fourth-order valence-electron chi connectivity index (χ4n) is 1.83. The second kappa shape index (κ2) is 4.73. The van der Waals surface area contributed by atoms with Crippen LogP contribution in [0, 0.1) is 5.92 Å². The van der Waals surface area contributed by atoms with Gasteiger partial charge in [-0.15, -0.1) is 0 Å². The van der Waals surface area contributed by atoms with E-state index in [-0.39, 0.29) is 0 Å². The molecule has 2 unspecified atom stereocenters. The zero-order valence-corrected chi connectivity index (χ0v) is 7.47. The molecule has 2 atom stereocenters. The average molecular weight is 156 g/mol. The number of nitrogens with two attached hydrogens (primary N) is 1. The van der Waals surface area contributed by atoms with Crippen LogP contribution >= 0.6 is 0 Å². The zero-order valence-electron chi connectivity index (χ0n) is 7.47. The monoisotopic (exact) mass is 156 g/mol. The highest BCUT2D eigenvalue weighted by molar-refractivity contribution is 4.75. The maximum Gasteiger partial charge on any atom is 0.00418 e. The maximum atomic E-state index is 5.94. The summed E-state index contributed by atoms with van der Waals surface area (Å²) in [7, 11) is 0. The van der Waals surface area contributed by atoms with Crippen LogP contribution in [0.2, 0.25) is 0 Å². The van der Waals surface area contributed by atoms with Gasteiger partial charge >= 0.3 is 0 Å². The van der Waals surface area contributed by atoms with Gasteiger partial charge in [-0.1, -0.05) is 13.3 Å². The molecule has 1 heterocycles. The molecule has 0 spiro atoms. The SMILES string of the molecule is CCCC(N)CC1CCNC1. The Hall–Kier alpha value is -0.0800. The maximum absolute atomic E-state index is 5.94. The molecule has 1 fully saturated rings. The van der Waals surface area contributed by atoms with Crippen LogP contribution in [0.3, 0.4) is 0 Å². The lowest BCUT2D eigenvalue weighted by molar-refractivity contribution is 0.442. The second-order valence-corrected chi connectivity index (χ2v) is 3.64. The molecule has 0 saturated carbocycles. The number of hydrogen-bond acceptors (Lipinski definition) is 2. The van der Waals surface area contributed by atoms with Crippen LogP contribution in [0.4, 0.5) is 0 Å². The minimum Gasteiger partial charge on any atom is -0.328 e. The van der Waals surface area contributed by atoms with E-state index in [4.69, 9.17) is 5.73 Å². The summed E-state index contributed by atoms with van der Waals surface area (Å²) in [6.45, 7) is 4.59. The smallest absolute Gasteiger partial charge is 0.00418 e. The molecule has 0 aliphatic carbocycles. The van der Waals surface area contributed by atoms with Crippen LogP contribution in [0.5, 0.6) is 0 Å². The van der Waals surface area contributed by atoms with Gasteiger partial charge in [-0.25, -0.2) is 0 Å². The van der Waals surface area contributed by atoms with Crippen molar-refractivity contribution in [1.82, 2.24) is 5.32 Å². The van der Waals surface area contributed by atoms with Crippen LogP contribution < -0.4 is 11.1 Å². The molecule has 2 nitrogen and oxygen atoms in total. The molecule has 11 heavy (non-hydrogen) atoms. The molecule has 0 amide bonds. The number of hydrogen-bond donors (Lipinski definition) is 2. The van der Waals surface area contributed by atoms with Crippen LogP contribution in [-0.4, -0.2) is 19.1 Å². The van der Waals surface area contributed by atoms with Gasteiger partial charge in [0.1, 0.15) is 0 Å². The van der Waals surface area contributed by atoms with Crippen LogP contribution in [0.15, 0.2) is 0 Å². The Balaban J connectivity index is 2.08. The summed E-state index contributed by atoms with van der Waals surface area (Å²) in [4.78, 5) is 0. The first-order chi connectivity index (χ1) is 5.33. The van der Waals surface area contributed by atoms with Crippen LogP contribution in [-0.2, 0) is 0 Å². The Kier molecular flexibility index (Phi) is 3.87. The molecular weight excluding hydrogens is 136 g/mol. The van der Waals surface area contributed by atoms with Gasteiger partial charge < -0.3 is 11.1 Å². The Morgan fingerprint density at radius 2 is 2.45 bits per heavy atom. The molecular formula is C9H20N2. The first kappa shape index (κ1) is 9.01. The van der Waals surface area contributed by atoms with Gasteiger partial charge in [-0.05, 0) is 38.3 Å². The van der Waals surface area contributed by atoms with Crippen molar-refractivity contribution in [3.8, 4) is 0 Å². The first-order valence-corrected chi connectivity index (χ1v) is 4.79. The van der Waals surface area contributed by atoms with Crippen molar-refractivity contribution in [3.05, 3.63) is 0 Å². The lowest BCUT2D eigenvalue weighted by Gasteiger charge is -2.14. The standard InChI is InChI=1S/C9H20N2/c1-2-3-9(10)6-8-4-5-11-7-8/h8-9,11H,2-7,10H2,1H3. The van der Waals surface area contributed by atoms with Crippen molar-refractivity contribution in [1.29, 1.82) is 0 Å². The predicted octanol–water partition coefficient (Wildman–Crippen LogP) is 1.11. The van der Waals surface area contributed by atoms with E-state index in [0.29, 0.717) is 6.04 Å². The molecule has 3 N–H and O–H groups in total. The Bertz CT molecular complexity index is 97.7. The molecule has 1 aliphatic heterocycles. The normalized spacial score (nSPS) is 27.3. The fraction of sp³-hybridized carbons (Fsp3) is 1.00. The molecule has 1 saturated heterocycles. The molecule has 66 valence electrons. The third-order valence-corrected chi connectivity index (χ3v) is 2.46. The Morgan fingerprint density at radius 3 is 3.00 bits per heavy atom. The largest absolute Gasteiger partial charge is 0.328 e. The van der Waals surface area contributed by atoms with E-state index in [1.807, 2.05) is 0 Å². The summed E-state index contributed by atoms with van der Waals surface area (Å²) < 4.78 is 0. The summed E-state index contributed by atoms with van der Waals surface area (Å²) >= 11 is 0. The van der Waals surface area contributed by atoms with Crippen LogP contribution in [0.25, 0.3) is 0 Å². The van der Waals surface area contributed by atoms with Crippen molar-refractivity contribution in [2.45, 2.75) is 38.6 Å². The van der Waals surface area contributed by atoms with Gasteiger partial charge in [-0.2, -0.15) is 0 Å². The summed E-state index contributed by atoms with van der Waals surface area (Å²) in [6, 6.07) is 0.449. The van der Waals surface area contributed by atoms with E-state index in [0.717, 1.165) is 5.92 Å². The van der Waals surface area contributed by atoms with Gasteiger partial charge in [0, 0.05) is 6.04 Å². The van der Waals surface area contributed by atoms with Gasteiger partial charge in [0.2, 0.25) is 0 Å². The third-order valence-electron chi connectivity index (χ3n) is 2.46. The van der Waals surface area contributed by atoms with E-state index in [2.05, 4.69) is 12.2 Å². The summed E-state index contributed by atoms with van der Waals surface area (Å²) in [5.74, 6) is 0.858. The van der Waals surface area contributed by atoms with Crippen molar-refractivity contribution in [2.24, 2.45) is 11.7 Å². The predicted molar refractivity (Wildman–Crippen MR) is 48.5 cm³/mol. The van der Waals surface area contributed by atoms with Crippen molar-refractivity contribution < 1.29 is 0 Å². The molecule has 0 aromatic heterocycles. The van der Waals surface area contributed by atoms with E-state index >= 15 is 0 Å². The molecule has 1 aliphatic rings. The molecule has 2 heteroatoms. The average Bonchev–Trinajstić information content (AvgIpc) is 2.40. The molecule has 1 rings (SSSR count). The number of nitrogens with one attached hydrogen (secondary N) is 1. The highest BCUT2D eigenvalue weighted by atomic mass is 14.9. The Morgan fingerprint density at radius 1 is 1.64 bits per heavy atom. The molecule has 0 bridgehead atoms. The van der Waals surface area contributed by atoms with Crippen molar-refractivity contribution in [3.63, 3.8) is 0 Å². The summed E-state index contributed by atoms with van der Waals surface area (Å²) in [5.41, 5.74) is 5.94. The van der Waals surface area contributed by atoms with E-state index in [1.54, 1.807) is 0 Å². The van der Waals surface area contributed by atoms with E-state index in [1.165, 1.54) is 38.8 Å². The van der Waals surface area contributed by atoms with Crippen molar-refractivity contribution in [2.75, 3.05) is 13.1 Å². The zero-order chi connectivity index (χ0) is 8.10. The fourth-order valence-corrected chi connectivity index (χ4v) is 1.83. The summed E-state index contributed by atoms with van der Waals surface area (Å²) in [6.07, 6.45) is 4.97. The topological polar surface area (TPSA) is 38.0 Å². The quantitative estimate of drug-likeness (QED) is 0.640. The van der Waals surface area contributed by atoms with Gasteiger partial charge in [-0.3, -0.25) is 0 Å². The molecule has 0 aromatic rings. The highest BCUT2D eigenvalue weighted by Gasteiger charge is 2.16. The lowest BCUT2D eigenvalue weighted by atomic mass is 9.97. The summed E-state index contributed by atoms with van der Waals surface area (Å²) in [5, 5.41) is 3.36. The highest BCUT2D eigenvalue weighted by Crippen LogP contribution is 2.15. The number of rotatable bonds is 4. The minimum atomic E-state index is 0.449. The van der Waals surface area contributed by atoms with E-state index < -0.39 is 0 Å². The second-order valence-electron chi connectivity index (χ2n) is 3.64. The first-order valence-electron chi connectivity index (χ1n) is 4.79. The minimum absolute atomic E-state index is 0.449. The van der Waals surface area contributed by atoms with Crippen LogP contribution in [0.1, 0.15) is 32.6 Å². The van der Waals surface area contributed by atoms with Gasteiger partial charge in [0.15, 0.2) is 0 Å². The third kappa shape index (κ3) is 3.21. The lowest BCUT2D eigenvalue weighted by Crippen LogP contribution is -2.24. The van der Waals surface area contributed by atoms with E-state index in [9.17, 15) is 0 Å². The van der Waals surface area contributed by atoms with Crippen molar-refractivity contribution >= 4 is 0 Å². The van der Waals surface area contributed by atoms with Gasteiger partial charge in [0.25, 0.3) is 0 Å². The van der Waals surface area contributed by atoms with Gasteiger partial charge in [0.05, 0.1) is 0 Å². The molecule has 0 radical (unpaired) electrons. The Labute approximate surface area is 69.5 Å².